The first-order valence-corrected chi connectivity index (χ1v) is 7.98. The highest BCUT2D eigenvalue weighted by Crippen LogP contribution is 2.09. The SMILES string of the molecule is CCON(CCCCCCCCN)Cc1ccccc1. The fourth-order valence-electron chi connectivity index (χ4n) is 2.30. The van der Waals surface area contributed by atoms with Crippen molar-refractivity contribution in [1.82, 2.24) is 5.06 Å². The van der Waals surface area contributed by atoms with Crippen LogP contribution < -0.4 is 5.73 Å². The van der Waals surface area contributed by atoms with Crippen molar-refractivity contribution >= 4 is 0 Å². The Balaban J connectivity index is 2.15. The van der Waals surface area contributed by atoms with E-state index in [0.717, 1.165) is 26.2 Å². The standard InChI is InChI=1S/C17H30N2O/c1-2-20-19(16-17-12-8-7-9-13-17)15-11-6-4-3-5-10-14-18/h7-9,12-13H,2-6,10-11,14-16,18H2,1H3. The molecule has 2 N–H and O–H groups in total. The fraction of sp³-hybridized carbons (Fsp3) is 0.647. The molecule has 1 rings (SSSR count). The molecule has 20 heavy (non-hydrogen) atoms. The predicted molar refractivity (Wildman–Crippen MR) is 85.2 cm³/mol. The molecule has 0 aliphatic carbocycles. The molecule has 1 aromatic carbocycles. The Morgan fingerprint density at radius 2 is 1.60 bits per heavy atom. The Labute approximate surface area is 124 Å². The van der Waals surface area contributed by atoms with Gasteiger partial charge in [0.2, 0.25) is 0 Å². The minimum atomic E-state index is 0.739. The van der Waals surface area contributed by atoms with Crippen LogP contribution in [0.3, 0.4) is 0 Å². The molecule has 0 amide bonds. The van der Waals surface area contributed by atoms with Gasteiger partial charge in [0.25, 0.3) is 0 Å². The van der Waals surface area contributed by atoms with E-state index in [1.54, 1.807) is 0 Å². The number of nitrogens with two attached hydrogens (primary N) is 1. The van der Waals surface area contributed by atoms with E-state index in [1.165, 1.54) is 44.1 Å². The van der Waals surface area contributed by atoms with Gasteiger partial charge in [-0.25, -0.2) is 0 Å². The van der Waals surface area contributed by atoms with Crippen molar-refractivity contribution in [1.29, 1.82) is 0 Å². The number of unbranched alkanes of at least 4 members (excludes halogenated alkanes) is 5. The molecule has 3 heteroatoms. The van der Waals surface area contributed by atoms with Crippen LogP contribution in [0.4, 0.5) is 0 Å². The van der Waals surface area contributed by atoms with Gasteiger partial charge in [-0.15, -0.1) is 0 Å². The van der Waals surface area contributed by atoms with Gasteiger partial charge in [0, 0.05) is 13.1 Å². The van der Waals surface area contributed by atoms with E-state index in [-0.39, 0.29) is 0 Å². The third-order valence-electron chi connectivity index (χ3n) is 3.38. The van der Waals surface area contributed by atoms with E-state index < -0.39 is 0 Å². The first-order chi connectivity index (χ1) is 9.86. The molecule has 0 radical (unpaired) electrons. The summed E-state index contributed by atoms with van der Waals surface area (Å²) in [6, 6.07) is 10.5. The highest BCUT2D eigenvalue weighted by Gasteiger charge is 2.05. The van der Waals surface area contributed by atoms with Crippen LogP contribution in [-0.2, 0) is 11.4 Å². The third kappa shape index (κ3) is 8.31. The summed E-state index contributed by atoms with van der Waals surface area (Å²) >= 11 is 0. The van der Waals surface area contributed by atoms with E-state index >= 15 is 0 Å². The van der Waals surface area contributed by atoms with Gasteiger partial charge < -0.3 is 5.73 Å². The molecule has 0 spiro atoms. The maximum Gasteiger partial charge on any atom is 0.0657 e. The summed E-state index contributed by atoms with van der Waals surface area (Å²) in [7, 11) is 0. The normalized spacial score (nSPS) is 11.2. The zero-order chi connectivity index (χ0) is 14.5. The molecular weight excluding hydrogens is 248 g/mol. The molecule has 0 aliphatic rings. The Morgan fingerprint density at radius 1 is 0.950 bits per heavy atom. The van der Waals surface area contributed by atoms with Crippen LogP contribution in [0.2, 0.25) is 0 Å². The van der Waals surface area contributed by atoms with Crippen molar-refractivity contribution < 1.29 is 4.84 Å². The number of benzene rings is 1. The summed E-state index contributed by atoms with van der Waals surface area (Å²) in [6.07, 6.45) is 7.54. The highest BCUT2D eigenvalue weighted by atomic mass is 16.7. The van der Waals surface area contributed by atoms with Crippen molar-refractivity contribution in [2.45, 2.75) is 52.0 Å². The lowest BCUT2D eigenvalue weighted by Crippen LogP contribution is -2.24. The quantitative estimate of drug-likeness (QED) is 0.467. The van der Waals surface area contributed by atoms with Gasteiger partial charge in [0.1, 0.15) is 0 Å². The minimum absolute atomic E-state index is 0.739. The van der Waals surface area contributed by atoms with Gasteiger partial charge in [-0.1, -0.05) is 56.0 Å². The number of hydrogen-bond donors (Lipinski definition) is 1. The predicted octanol–water partition coefficient (Wildman–Crippen LogP) is 3.74. The van der Waals surface area contributed by atoms with Crippen molar-refractivity contribution in [2.24, 2.45) is 5.73 Å². The van der Waals surface area contributed by atoms with Gasteiger partial charge in [-0.2, -0.15) is 5.06 Å². The maximum atomic E-state index is 5.71. The summed E-state index contributed by atoms with van der Waals surface area (Å²) in [5.74, 6) is 0. The van der Waals surface area contributed by atoms with Crippen LogP contribution in [0.1, 0.15) is 51.0 Å². The summed E-state index contributed by atoms with van der Waals surface area (Å²) in [4.78, 5) is 5.71. The van der Waals surface area contributed by atoms with Gasteiger partial charge in [0.05, 0.1) is 6.61 Å². The molecular formula is C17H30N2O. The van der Waals surface area contributed by atoms with Crippen molar-refractivity contribution in [2.75, 3.05) is 19.7 Å². The zero-order valence-corrected chi connectivity index (χ0v) is 12.9. The first kappa shape index (κ1) is 17.2. The summed E-state index contributed by atoms with van der Waals surface area (Å²) in [5.41, 5.74) is 6.80. The largest absolute Gasteiger partial charge is 0.330 e. The van der Waals surface area contributed by atoms with Gasteiger partial charge >= 0.3 is 0 Å². The molecule has 0 heterocycles. The number of hydroxylamine groups is 2. The van der Waals surface area contributed by atoms with Crippen LogP contribution >= 0.6 is 0 Å². The zero-order valence-electron chi connectivity index (χ0n) is 12.9. The molecule has 114 valence electrons. The van der Waals surface area contributed by atoms with Crippen LogP contribution in [0, 0.1) is 0 Å². The Bertz CT molecular complexity index is 316. The smallest absolute Gasteiger partial charge is 0.0657 e. The van der Waals surface area contributed by atoms with E-state index in [0.29, 0.717) is 0 Å². The Kier molecular flexibility index (Phi) is 10.2. The second-order valence-corrected chi connectivity index (χ2v) is 5.18. The molecule has 0 aromatic heterocycles. The fourth-order valence-corrected chi connectivity index (χ4v) is 2.30. The van der Waals surface area contributed by atoms with Crippen molar-refractivity contribution in [3.8, 4) is 0 Å². The summed E-state index contributed by atoms with van der Waals surface area (Å²) in [6.45, 7) is 5.50. The highest BCUT2D eigenvalue weighted by molar-refractivity contribution is 5.14. The van der Waals surface area contributed by atoms with Crippen LogP contribution in [0.25, 0.3) is 0 Å². The molecule has 0 bridgehead atoms. The lowest BCUT2D eigenvalue weighted by atomic mass is 10.1. The second-order valence-electron chi connectivity index (χ2n) is 5.18. The van der Waals surface area contributed by atoms with E-state index in [2.05, 4.69) is 35.4 Å². The number of hydrogen-bond acceptors (Lipinski definition) is 3. The summed E-state index contributed by atoms with van der Waals surface area (Å²) in [5, 5.41) is 2.09. The van der Waals surface area contributed by atoms with E-state index in [4.69, 9.17) is 10.6 Å². The second kappa shape index (κ2) is 11.9. The van der Waals surface area contributed by atoms with Crippen LogP contribution in [-0.4, -0.2) is 24.8 Å². The van der Waals surface area contributed by atoms with E-state index in [1.807, 2.05) is 6.92 Å². The van der Waals surface area contributed by atoms with Gasteiger partial charge in [0.15, 0.2) is 0 Å². The number of rotatable bonds is 12. The lowest BCUT2D eigenvalue weighted by molar-refractivity contribution is -0.162. The Morgan fingerprint density at radius 3 is 2.25 bits per heavy atom. The minimum Gasteiger partial charge on any atom is -0.330 e. The summed E-state index contributed by atoms with van der Waals surface area (Å²) < 4.78 is 0. The molecule has 0 aliphatic heterocycles. The van der Waals surface area contributed by atoms with Crippen LogP contribution in [0.15, 0.2) is 30.3 Å². The van der Waals surface area contributed by atoms with E-state index in [9.17, 15) is 0 Å². The van der Waals surface area contributed by atoms with Crippen molar-refractivity contribution in [3.63, 3.8) is 0 Å². The Hall–Kier alpha value is -0.900. The molecule has 0 fully saturated rings. The molecule has 0 saturated carbocycles. The topological polar surface area (TPSA) is 38.5 Å². The molecule has 0 saturated heterocycles. The maximum absolute atomic E-state index is 5.71. The third-order valence-corrected chi connectivity index (χ3v) is 3.38. The van der Waals surface area contributed by atoms with Gasteiger partial charge in [-0.05, 0) is 31.9 Å². The molecule has 3 nitrogen and oxygen atoms in total. The monoisotopic (exact) mass is 278 g/mol. The lowest BCUT2D eigenvalue weighted by Gasteiger charge is -2.21. The first-order valence-electron chi connectivity index (χ1n) is 7.98. The number of nitrogens with zero attached hydrogens (tertiary/aromatic N) is 1. The average Bonchev–Trinajstić information content (AvgIpc) is 2.47. The molecule has 1 aromatic rings. The van der Waals surface area contributed by atoms with Crippen molar-refractivity contribution in [3.05, 3.63) is 35.9 Å². The van der Waals surface area contributed by atoms with Crippen LogP contribution in [0.5, 0.6) is 0 Å². The molecule has 0 atom stereocenters. The van der Waals surface area contributed by atoms with Gasteiger partial charge in [-0.3, -0.25) is 4.84 Å². The average molecular weight is 278 g/mol. The molecule has 0 unspecified atom stereocenters.